The number of fused-ring (bicyclic) bond motifs is 1. The summed E-state index contributed by atoms with van der Waals surface area (Å²) >= 11 is 0. The number of aliphatic hydroxyl groups excluding tert-OH is 1. The summed E-state index contributed by atoms with van der Waals surface area (Å²) in [6, 6.07) is 8.34. The predicted molar refractivity (Wildman–Crippen MR) is 180 cm³/mol. The molecule has 3 rings (SSSR count). The molecule has 11 nitrogen and oxygen atoms in total. The number of nitrogens with one attached hydrogen (secondary N) is 1. The van der Waals surface area contributed by atoms with Gasteiger partial charge >= 0.3 is 0 Å². The van der Waals surface area contributed by atoms with Crippen LogP contribution in [0, 0.1) is 11.7 Å². The Hall–Kier alpha value is -3.26. The Morgan fingerprint density at radius 1 is 1.13 bits per heavy atom. The average Bonchev–Trinajstić information content (AvgIpc) is 3.02. The molecule has 0 saturated heterocycles. The van der Waals surface area contributed by atoms with Crippen LogP contribution in [0.4, 0.5) is 10.1 Å². The van der Waals surface area contributed by atoms with Crippen molar-refractivity contribution in [3.8, 4) is 5.75 Å². The number of carbonyl (C=O) groups excluding carboxylic acids is 2. The highest BCUT2D eigenvalue weighted by atomic mass is 32.2. The zero-order valence-corrected chi connectivity index (χ0v) is 29.3. The highest BCUT2D eigenvalue weighted by molar-refractivity contribution is 7.92. The van der Waals surface area contributed by atoms with Crippen molar-refractivity contribution < 1.29 is 37.0 Å². The molecule has 0 unspecified atom stereocenters. The fraction of sp³-hybridized carbons (Fsp3) is 0.588. The van der Waals surface area contributed by atoms with Crippen LogP contribution >= 0.6 is 0 Å². The van der Waals surface area contributed by atoms with Gasteiger partial charge in [0.25, 0.3) is 15.9 Å². The van der Waals surface area contributed by atoms with Crippen LogP contribution in [0.3, 0.4) is 0 Å². The first kappa shape index (κ1) is 38.2. The Morgan fingerprint density at radius 2 is 1.83 bits per heavy atom. The Kier molecular flexibility index (Phi) is 14.4. The van der Waals surface area contributed by atoms with Crippen molar-refractivity contribution in [2.45, 2.75) is 76.0 Å². The normalized spacial score (nSPS) is 20.6. The van der Waals surface area contributed by atoms with Crippen molar-refractivity contribution in [2.24, 2.45) is 5.92 Å². The van der Waals surface area contributed by atoms with Crippen molar-refractivity contribution in [3.05, 3.63) is 53.8 Å². The number of nitrogens with zero attached hydrogens (tertiary/aromatic N) is 3. The number of rotatable bonds is 11. The summed E-state index contributed by atoms with van der Waals surface area (Å²) in [7, 11) is 1.62. The first-order valence-corrected chi connectivity index (χ1v) is 17.7. The molecule has 4 atom stereocenters. The SMILES string of the molecule is C[C@@H]1CCCCO[C@H](CN(C)C(=O)CCCN(C)C)[C@@H](C)CN([C@H](C)CO)C(=O)c2cc(NS(=O)(=O)c3ccc(F)cc3)ccc2O1. The molecule has 0 radical (unpaired) electrons. The van der Waals surface area contributed by atoms with Crippen LogP contribution in [-0.4, -0.2) is 112 Å². The van der Waals surface area contributed by atoms with Gasteiger partial charge in [0.15, 0.2) is 0 Å². The molecule has 2 N–H and O–H groups in total. The third kappa shape index (κ3) is 11.4. The van der Waals surface area contributed by atoms with Gasteiger partial charge in [-0.1, -0.05) is 6.92 Å². The average molecular weight is 679 g/mol. The molecule has 1 heterocycles. The number of anilines is 1. The standard InChI is InChI=1S/C34H51FN4O7S/c1-24-21-39(25(2)23-40)34(42)30-20-28(36-47(43,44)29-15-12-27(35)13-16-29)14-17-31(30)46-26(3)10-7-8-19-45-32(24)22-38(6)33(41)11-9-18-37(4)5/h12-17,20,24-26,32,36,40H,7-11,18-19,21-23H2,1-6H3/t24-,25+,26+,32+/m0/s1. The van der Waals surface area contributed by atoms with Crippen LogP contribution in [0.5, 0.6) is 5.75 Å². The number of halogens is 1. The lowest BCUT2D eigenvalue weighted by atomic mass is 10.0. The number of hydrogen-bond acceptors (Lipinski definition) is 8. The largest absolute Gasteiger partial charge is 0.490 e. The maximum atomic E-state index is 14.3. The molecule has 2 amide bonds. The van der Waals surface area contributed by atoms with Crippen molar-refractivity contribution in [3.63, 3.8) is 0 Å². The van der Waals surface area contributed by atoms with E-state index in [0.29, 0.717) is 31.7 Å². The number of ether oxygens (including phenoxy) is 2. The van der Waals surface area contributed by atoms with Gasteiger partial charge in [-0.25, -0.2) is 12.8 Å². The highest BCUT2D eigenvalue weighted by Gasteiger charge is 2.31. The molecule has 0 aromatic heterocycles. The molecule has 0 fully saturated rings. The third-order valence-corrected chi connectivity index (χ3v) is 9.70. The lowest BCUT2D eigenvalue weighted by Gasteiger charge is -2.36. The first-order chi connectivity index (χ1) is 22.2. The Bertz CT molecular complexity index is 1420. The second-order valence-corrected chi connectivity index (χ2v) is 14.4. The molecule has 0 aliphatic carbocycles. The Morgan fingerprint density at radius 3 is 2.49 bits per heavy atom. The maximum Gasteiger partial charge on any atom is 0.261 e. The molecular weight excluding hydrogens is 627 g/mol. The van der Waals surface area contributed by atoms with E-state index in [4.69, 9.17) is 9.47 Å². The Balaban J connectivity index is 1.93. The summed E-state index contributed by atoms with van der Waals surface area (Å²) < 4.78 is 54.6. The van der Waals surface area contributed by atoms with E-state index in [1.807, 2.05) is 32.8 Å². The van der Waals surface area contributed by atoms with Gasteiger partial charge in [0.2, 0.25) is 5.91 Å². The quantitative estimate of drug-likeness (QED) is 0.362. The zero-order valence-electron chi connectivity index (χ0n) is 28.4. The van der Waals surface area contributed by atoms with Gasteiger partial charge in [-0.2, -0.15) is 0 Å². The third-order valence-electron chi connectivity index (χ3n) is 8.30. The maximum absolute atomic E-state index is 14.3. The molecule has 0 spiro atoms. The van der Waals surface area contributed by atoms with Gasteiger partial charge < -0.3 is 29.3 Å². The minimum Gasteiger partial charge on any atom is -0.490 e. The molecule has 262 valence electrons. The molecule has 0 bridgehead atoms. The molecule has 0 saturated carbocycles. The van der Waals surface area contributed by atoms with Gasteiger partial charge in [-0.05, 0) is 103 Å². The van der Waals surface area contributed by atoms with Crippen molar-refractivity contribution in [1.82, 2.24) is 14.7 Å². The molecule has 1 aliphatic heterocycles. The predicted octanol–water partition coefficient (Wildman–Crippen LogP) is 4.22. The van der Waals surface area contributed by atoms with Crippen LogP contribution in [0.15, 0.2) is 47.4 Å². The van der Waals surface area contributed by atoms with Crippen LogP contribution in [0.2, 0.25) is 0 Å². The highest BCUT2D eigenvalue weighted by Crippen LogP contribution is 2.29. The molecule has 47 heavy (non-hydrogen) atoms. The van der Waals surface area contributed by atoms with Crippen LogP contribution < -0.4 is 9.46 Å². The van der Waals surface area contributed by atoms with Crippen LogP contribution in [0.1, 0.15) is 63.2 Å². The summed E-state index contributed by atoms with van der Waals surface area (Å²) in [6.45, 7) is 7.14. The van der Waals surface area contributed by atoms with E-state index in [0.717, 1.165) is 50.1 Å². The summed E-state index contributed by atoms with van der Waals surface area (Å²) in [5.74, 6) is -0.925. The van der Waals surface area contributed by atoms with Crippen molar-refractivity contribution in [2.75, 3.05) is 58.7 Å². The number of aliphatic hydroxyl groups is 1. The molecular formula is C34H51FN4O7S. The number of carbonyl (C=O) groups is 2. The fourth-order valence-electron chi connectivity index (χ4n) is 5.39. The van der Waals surface area contributed by atoms with Crippen LogP contribution in [0.25, 0.3) is 0 Å². The van der Waals surface area contributed by atoms with E-state index in [9.17, 15) is 27.5 Å². The first-order valence-electron chi connectivity index (χ1n) is 16.2. The minimum atomic E-state index is -4.09. The summed E-state index contributed by atoms with van der Waals surface area (Å²) in [5, 5.41) is 10.2. The Labute approximate surface area is 279 Å². The number of amides is 2. The van der Waals surface area contributed by atoms with Gasteiger partial charge in [0.1, 0.15) is 11.6 Å². The number of sulfonamides is 1. The van der Waals surface area contributed by atoms with Crippen molar-refractivity contribution in [1.29, 1.82) is 0 Å². The molecule has 1 aliphatic rings. The molecule has 2 aromatic rings. The lowest BCUT2D eigenvalue weighted by molar-refractivity contribution is -0.132. The van der Waals surface area contributed by atoms with E-state index in [1.165, 1.54) is 17.0 Å². The summed E-state index contributed by atoms with van der Waals surface area (Å²) in [4.78, 5) is 32.4. The topological polar surface area (TPSA) is 129 Å². The zero-order chi connectivity index (χ0) is 34.7. The van der Waals surface area contributed by atoms with Gasteiger partial charge in [0.05, 0.1) is 35.3 Å². The van der Waals surface area contributed by atoms with Crippen molar-refractivity contribution >= 4 is 27.5 Å². The van der Waals surface area contributed by atoms with E-state index < -0.39 is 27.8 Å². The minimum absolute atomic E-state index is 0.0224. The summed E-state index contributed by atoms with van der Waals surface area (Å²) in [5.41, 5.74) is 0.255. The number of hydrogen-bond donors (Lipinski definition) is 2. The molecule has 2 aromatic carbocycles. The van der Waals surface area contributed by atoms with Gasteiger partial charge in [0, 0.05) is 44.8 Å². The monoisotopic (exact) mass is 678 g/mol. The van der Waals surface area contributed by atoms with E-state index >= 15 is 0 Å². The fourth-order valence-corrected chi connectivity index (χ4v) is 6.44. The van der Waals surface area contributed by atoms with Gasteiger partial charge in [-0.3, -0.25) is 14.3 Å². The van der Waals surface area contributed by atoms with E-state index in [-0.39, 0.29) is 53.3 Å². The van der Waals surface area contributed by atoms with Gasteiger partial charge in [-0.15, -0.1) is 0 Å². The van der Waals surface area contributed by atoms with E-state index in [2.05, 4.69) is 4.72 Å². The van der Waals surface area contributed by atoms with E-state index in [1.54, 1.807) is 24.9 Å². The smallest absolute Gasteiger partial charge is 0.261 e. The second kappa shape index (κ2) is 17.8. The lowest BCUT2D eigenvalue weighted by Crippen LogP contribution is -2.48. The summed E-state index contributed by atoms with van der Waals surface area (Å²) in [6.07, 6.45) is 2.83. The second-order valence-electron chi connectivity index (χ2n) is 12.8. The van der Waals surface area contributed by atoms with Crippen LogP contribution in [-0.2, 0) is 19.6 Å². The number of benzene rings is 2. The molecule has 13 heteroatoms. The number of likely N-dealkylation sites (N-methyl/N-ethyl adjacent to an activating group) is 1.